The lowest BCUT2D eigenvalue weighted by molar-refractivity contribution is -0.123. The second-order valence-corrected chi connectivity index (χ2v) is 8.78. The van der Waals surface area contributed by atoms with Gasteiger partial charge in [0.25, 0.3) is 5.91 Å². The fourth-order valence-corrected chi connectivity index (χ4v) is 4.07. The molecule has 0 radical (unpaired) electrons. The molecular weight excluding hydrogens is 460 g/mol. The summed E-state index contributed by atoms with van der Waals surface area (Å²) in [5, 5.41) is 17.6. The van der Waals surface area contributed by atoms with Crippen LogP contribution in [0, 0.1) is 30.6 Å². The van der Waals surface area contributed by atoms with Crippen LogP contribution in [0.15, 0.2) is 18.3 Å². The molecule has 1 fully saturated rings. The van der Waals surface area contributed by atoms with E-state index in [1.54, 1.807) is 30.1 Å². The number of carbonyl (C=O) groups excluding carboxylic acids is 3. The number of hydrogen-bond donors (Lipinski definition) is 3. The second kappa shape index (κ2) is 12.0. The van der Waals surface area contributed by atoms with E-state index in [2.05, 4.69) is 40.1 Å². The van der Waals surface area contributed by atoms with E-state index in [1.807, 2.05) is 0 Å². The van der Waals surface area contributed by atoms with Crippen molar-refractivity contribution in [3.63, 3.8) is 0 Å². The van der Waals surface area contributed by atoms with Gasteiger partial charge in [0.1, 0.15) is 6.10 Å². The normalized spacial score (nSPS) is 16.7. The molecule has 3 amide bonds. The lowest BCUT2D eigenvalue weighted by Crippen LogP contribution is -2.33. The van der Waals surface area contributed by atoms with Crippen LogP contribution in [0.1, 0.15) is 65.5 Å². The average Bonchev–Trinajstić information content (AvgIpc) is 3.67. The van der Waals surface area contributed by atoms with Crippen molar-refractivity contribution in [2.45, 2.75) is 50.7 Å². The van der Waals surface area contributed by atoms with Crippen molar-refractivity contribution in [1.29, 1.82) is 0 Å². The molecule has 1 saturated carbocycles. The van der Waals surface area contributed by atoms with Gasteiger partial charge in [-0.3, -0.25) is 14.4 Å². The molecule has 2 heterocycles. The number of nitrogens with two attached hydrogens (primary N) is 1. The topological polar surface area (TPSA) is 143 Å². The number of fused-ring (bicyclic) bond motifs is 1. The minimum Gasteiger partial charge on any atom is -0.380 e. The van der Waals surface area contributed by atoms with Gasteiger partial charge in [-0.05, 0) is 44.2 Å². The Labute approximate surface area is 210 Å². The molecule has 10 heteroatoms. The zero-order chi connectivity index (χ0) is 26.2. The first-order valence-corrected chi connectivity index (χ1v) is 11.7. The predicted molar refractivity (Wildman–Crippen MR) is 133 cm³/mol. The highest BCUT2D eigenvalue weighted by Gasteiger charge is 2.36. The van der Waals surface area contributed by atoms with Crippen LogP contribution in [-0.2, 0) is 16.0 Å². The number of primary amides is 1. The maximum atomic E-state index is 12.4. The van der Waals surface area contributed by atoms with E-state index in [0.717, 1.165) is 25.0 Å². The first-order chi connectivity index (χ1) is 17.4. The monoisotopic (exact) mass is 490 g/mol. The Morgan fingerprint density at radius 3 is 2.81 bits per heavy atom. The lowest BCUT2D eigenvalue weighted by atomic mass is 9.90. The Morgan fingerprint density at radius 2 is 2.14 bits per heavy atom. The van der Waals surface area contributed by atoms with Crippen LogP contribution in [0.3, 0.4) is 0 Å². The van der Waals surface area contributed by atoms with Gasteiger partial charge in [-0.25, -0.2) is 9.67 Å². The molecule has 2 atom stereocenters. The van der Waals surface area contributed by atoms with Crippen LogP contribution >= 0.6 is 0 Å². The SMILES string of the molecule is C#C.CN(C=O)CC[C@@H](O)C#Cc1ccnc(-n2nc(C(N)=O)c3c2CCC[C@H]3NC(=O)C2CC2)c1. The molecule has 0 aliphatic heterocycles. The number of nitrogens with zero attached hydrogens (tertiary/aromatic N) is 4. The molecule has 10 nitrogen and oxygen atoms in total. The van der Waals surface area contributed by atoms with Crippen LogP contribution < -0.4 is 11.1 Å². The molecule has 0 spiro atoms. The third-order valence-electron chi connectivity index (χ3n) is 6.06. The molecule has 0 bridgehead atoms. The van der Waals surface area contributed by atoms with Crippen LogP contribution in [0.5, 0.6) is 0 Å². The van der Waals surface area contributed by atoms with E-state index in [0.29, 0.717) is 49.2 Å². The fourth-order valence-electron chi connectivity index (χ4n) is 4.07. The Hall–Kier alpha value is -4.15. The summed E-state index contributed by atoms with van der Waals surface area (Å²) >= 11 is 0. The van der Waals surface area contributed by atoms with E-state index in [-0.39, 0.29) is 23.6 Å². The predicted octanol–water partition coefficient (Wildman–Crippen LogP) is 0.710. The van der Waals surface area contributed by atoms with Crippen molar-refractivity contribution in [1.82, 2.24) is 25.0 Å². The smallest absolute Gasteiger partial charge is 0.269 e. The largest absolute Gasteiger partial charge is 0.380 e. The lowest BCUT2D eigenvalue weighted by Gasteiger charge is -2.24. The van der Waals surface area contributed by atoms with Gasteiger partial charge in [0, 0.05) is 43.3 Å². The minimum absolute atomic E-state index is 0.00862. The number of aromatic nitrogens is 3. The number of amides is 3. The molecule has 0 saturated heterocycles. The molecule has 2 aliphatic rings. The van der Waals surface area contributed by atoms with E-state index < -0.39 is 12.0 Å². The van der Waals surface area contributed by atoms with Gasteiger partial charge in [0.15, 0.2) is 11.5 Å². The van der Waals surface area contributed by atoms with Gasteiger partial charge in [-0.2, -0.15) is 5.10 Å². The number of aliphatic hydroxyl groups is 1. The van der Waals surface area contributed by atoms with Gasteiger partial charge in [0.2, 0.25) is 12.3 Å². The Bertz CT molecular complexity index is 1200. The number of hydrogen-bond acceptors (Lipinski definition) is 6. The maximum Gasteiger partial charge on any atom is 0.269 e. The summed E-state index contributed by atoms with van der Waals surface area (Å²) in [6, 6.07) is 3.13. The fraction of sp³-hybridized carbons (Fsp3) is 0.423. The highest BCUT2D eigenvalue weighted by atomic mass is 16.3. The third-order valence-corrected chi connectivity index (χ3v) is 6.06. The van der Waals surface area contributed by atoms with Crippen molar-refractivity contribution in [2.24, 2.45) is 11.7 Å². The summed E-state index contributed by atoms with van der Waals surface area (Å²) in [6.07, 6.45) is 13.7. The molecule has 36 heavy (non-hydrogen) atoms. The number of rotatable bonds is 8. The van der Waals surface area contributed by atoms with E-state index in [4.69, 9.17) is 5.73 Å². The Kier molecular flexibility index (Phi) is 8.82. The quantitative estimate of drug-likeness (QED) is 0.367. The molecule has 0 unspecified atom stereocenters. The van der Waals surface area contributed by atoms with E-state index >= 15 is 0 Å². The highest BCUT2D eigenvalue weighted by Crippen LogP contribution is 2.36. The molecular formula is C26H30N6O4. The van der Waals surface area contributed by atoms with Crippen LogP contribution in [0.2, 0.25) is 0 Å². The van der Waals surface area contributed by atoms with Crippen LogP contribution in [0.25, 0.3) is 5.82 Å². The second-order valence-electron chi connectivity index (χ2n) is 8.78. The van der Waals surface area contributed by atoms with Gasteiger partial charge < -0.3 is 21.1 Å². The van der Waals surface area contributed by atoms with Gasteiger partial charge in [-0.15, -0.1) is 12.8 Å². The Morgan fingerprint density at radius 1 is 1.39 bits per heavy atom. The minimum atomic E-state index is -0.881. The van der Waals surface area contributed by atoms with Crippen molar-refractivity contribution < 1.29 is 19.5 Å². The summed E-state index contributed by atoms with van der Waals surface area (Å²) in [6.45, 7) is 0.398. The van der Waals surface area contributed by atoms with E-state index in [9.17, 15) is 19.5 Å². The molecule has 4 N–H and O–H groups in total. The first-order valence-electron chi connectivity index (χ1n) is 11.7. The summed E-state index contributed by atoms with van der Waals surface area (Å²) in [7, 11) is 1.63. The molecule has 0 aromatic carbocycles. The number of carbonyl (C=O) groups is 3. The number of aliphatic hydroxyl groups excluding tert-OH is 1. The molecule has 188 valence electrons. The number of nitrogens with one attached hydrogen (secondary N) is 1. The standard InChI is InChI=1S/C24H28N6O4.C2H2/c1-29(14-31)12-10-17(32)8-5-15-9-11-26-20(13-15)30-19-4-2-3-18(27-24(34)16-6-7-16)21(19)22(28-30)23(25)33;1-2/h9,11,13-14,16-18,32H,2-4,6-7,10,12H2,1H3,(H2,25,33)(H,27,34);1-2H/t17-,18+;/m0./s1. The van der Waals surface area contributed by atoms with Crippen molar-refractivity contribution in [2.75, 3.05) is 13.6 Å². The number of terminal acetylenes is 1. The van der Waals surface area contributed by atoms with Crippen LogP contribution in [-0.4, -0.2) is 62.7 Å². The molecule has 4 rings (SSSR count). The first kappa shape index (κ1) is 26.5. The maximum absolute atomic E-state index is 12.4. The van der Waals surface area contributed by atoms with E-state index in [1.165, 1.54) is 4.90 Å². The van der Waals surface area contributed by atoms with Gasteiger partial charge >= 0.3 is 0 Å². The Balaban J connectivity index is 0.00000176. The van der Waals surface area contributed by atoms with Crippen molar-refractivity contribution in [3.8, 4) is 30.5 Å². The molecule has 2 aromatic rings. The average molecular weight is 491 g/mol. The highest BCUT2D eigenvalue weighted by molar-refractivity contribution is 5.93. The molecule has 2 aliphatic carbocycles. The summed E-state index contributed by atoms with van der Waals surface area (Å²) in [5.74, 6) is 5.58. The van der Waals surface area contributed by atoms with Crippen molar-refractivity contribution >= 4 is 18.2 Å². The third kappa shape index (κ3) is 6.29. The van der Waals surface area contributed by atoms with Crippen molar-refractivity contribution in [3.05, 3.63) is 40.8 Å². The number of pyridine rings is 1. The zero-order valence-corrected chi connectivity index (χ0v) is 20.2. The van der Waals surface area contributed by atoms with Gasteiger partial charge in [0.05, 0.1) is 11.7 Å². The summed E-state index contributed by atoms with van der Waals surface area (Å²) in [4.78, 5) is 41.1. The molecule has 2 aromatic heterocycles. The summed E-state index contributed by atoms with van der Waals surface area (Å²) in [5.41, 5.74) is 7.87. The summed E-state index contributed by atoms with van der Waals surface area (Å²) < 4.78 is 1.60. The van der Waals surface area contributed by atoms with Crippen LogP contribution in [0.4, 0.5) is 0 Å². The van der Waals surface area contributed by atoms with Gasteiger partial charge in [-0.1, -0.05) is 11.8 Å². The zero-order valence-electron chi connectivity index (χ0n) is 20.2.